The summed E-state index contributed by atoms with van der Waals surface area (Å²) < 4.78 is 19.2. The van der Waals surface area contributed by atoms with Crippen LogP contribution < -0.4 is 4.74 Å². The van der Waals surface area contributed by atoms with Gasteiger partial charge in [0.2, 0.25) is 0 Å². The SMILES string of the molecule is COc1ccc(-c2nccc(C3CCCN(C(=O)c4ccccc4F)C3)n2)cc1. The minimum absolute atomic E-state index is 0.0967. The lowest BCUT2D eigenvalue weighted by Crippen LogP contribution is -2.39. The van der Waals surface area contributed by atoms with Crippen molar-refractivity contribution in [2.75, 3.05) is 20.2 Å². The van der Waals surface area contributed by atoms with Crippen LogP contribution in [-0.2, 0) is 0 Å². The number of hydrogen-bond donors (Lipinski definition) is 0. The van der Waals surface area contributed by atoms with Crippen molar-refractivity contribution in [3.8, 4) is 17.1 Å². The molecule has 4 rings (SSSR count). The van der Waals surface area contributed by atoms with Crippen LogP contribution in [0.4, 0.5) is 4.39 Å². The van der Waals surface area contributed by atoms with E-state index in [-0.39, 0.29) is 17.4 Å². The monoisotopic (exact) mass is 391 g/mol. The van der Waals surface area contributed by atoms with Crippen molar-refractivity contribution in [2.45, 2.75) is 18.8 Å². The second kappa shape index (κ2) is 8.39. The third-order valence-electron chi connectivity index (χ3n) is 5.26. The van der Waals surface area contributed by atoms with Crippen molar-refractivity contribution in [1.29, 1.82) is 0 Å². The molecule has 3 aromatic rings. The number of piperidine rings is 1. The van der Waals surface area contributed by atoms with E-state index in [1.807, 2.05) is 30.3 Å². The largest absolute Gasteiger partial charge is 0.497 e. The zero-order valence-electron chi connectivity index (χ0n) is 16.2. The lowest BCUT2D eigenvalue weighted by Gasteiger charge is -2.32. The highest BCUT2D eigenvalue weighted by atomic mass is 19.1. The molecular weight excluding hydrogens is 369 g/mol. The Morgan fingerprint density at radius 3 is 2.69 bits per heavy atom. The number of methoxy groups -OCH3 is 1. The lowest BCUT2D eigenvalue weighted by atomic mass is 9.94. The van der Waals surface area contributed by atoms with Crippen LogP contribution in [-0.4, -0.2) is 41.0 Å². The first-order valence-corrected chi connectivity index (χ1v) is 9.67. The summed E-state index contributed by atoms with van der Waals surface area (Å²) in [6, 6.07) is 15.6. The van der Waals surface area contributed by atoms with E-state index in [0.29, 0.717) is 18.9 Å². The molecule has 0 saturated carbocycles. The van der Waals surface area contributed by atoms with Crippen LogP contribution in [0, 0.1) is 5.82 Å². The minimum atomic E-state index is -0.483. The van der Waals surface area contributed by atoms with Crippen molar-refractivity contribution in [1.82, 2.24) is 14.9 Å². The highest BCUT2D eigenvalue weighted by Crippen LogP contribution is 2.28. The number of aromatic nitrogens is 2. The number of hydrogen-bond acceptors (Lipinski definition) is 4. The summed E-state index contributed by atoms with van der Waals surface area (Å²) in [6.07, 6.45) is 3.53. The molecule has 1 saturated heterocycles. The Kier molecular flexibility index (Phi) is 5.51. The second-order valence-electron chi connectivity index (χ2n) is 7.10. The van der Waals surface area contributed by atoms with Crippen LogP contribution in [0.2, 0.25) is 0 Å². The summed E-state index contributed by atoms with van der Waals surface area (Å²) in [6.45, 7) is 1.15. The maximum atomic E-state index is 14.0. The van der Waals surface area contributed by atoms with E-state index in [9.17, 15) is 9.18 Å². The number of carbonyl (C=O) groups is 1. The number of benzene rings is 2. The van der Waals surface area contributed by atoms with Crippen molar-refractivity contribution >= 4 is 5.91 Å². The molecule has 1 amide bonds. The van der Waals surface area contributed by atoms with Gasteiger partial charge in [-0.25, -0.2) is 14.4 Å². The molecule has 0 spiro atoms. The molecule has 6 heteroatoms. The molecule has 0 N–H and O–H groups in total. The lowest BCUT2D eigenvalue weighted by molar-refractivity contribution is 0.0701. The van der Waals surface area contributed by atoms with Crippen LogP contribution in [0.25, 0.3) is 11.4 Å². The van der Waals surface area contributed by atoms with Gasteiger partial charge in [-0.3, -0.25) is 4.79 Å². The van der Waals surface area contributed by atoms with Gasteiger partial charge in [0.1, 0.15) is 11.6 Å². The number of amides is 1. The van der Waals surface area contributed by atoms with E-state index in [1.165, 1.54) is 12.1 Å². The summed E-state index contributed by atoms with van der Waals surface area (Å²) in [5.74, 6) is 0.766. The normalized spacial score (nSPS) is 16.5. The quantitative estimate of drug-likeness (QED) is 0.665. The Balaban J connectivity index is 1.54. The highest BCUT2D eigenvalue weighted by molar-refractivity contribution is 5.94. The average molecular weight is 391 g/mol. The molecule has 1 aliphatic heterocycles. The van der Waals surface area contributed by atoms with E-state index in [1.54, 1.807) is 30.3 Å². The number of nitrogens with zero attached hydrogens (tertiary/aromatic N) is 3. The van der Waals surface area contributed by atoms with Crippen LogP contribution in [0.5, 0.6) is 5.75 Å². The molecule has 1 aliphatic rings. The van der Waals surface area contributed by atoms with Gasteiger partial charge in [0, 0.05) is 36.5 Å². The van der Waals surface area contributed by atoms with Crippen molar-refractivity contribution < 1.29 is 13.9 Å². The molecule has 1 atom stereocenters. The predicted molar refractivity (Wildman–Crippen MR) is 108 cm³/mol. The summed E-state index contributed by atoms with van der Waals surface area (Å²) in [4.78, 5) is 23.6. The van der Waals surface area contributed by atoms with E-state index in [2.05, 4.69) is 4.98 Å². The van der Waals surface area contributed by atoms with Crippen molar-refractivity contribution in [3.05, 3.63) is 77.9 Å². The molecule has 1 unspecified atom stereocenters. The van der Waals surface area contributed by atoms with Gasteiger partial charge in [-0.15, -0.1) is 0 Å². The molecule has 2 heterocycles. The standard InChI is InChI=1S/C23H22FN3O2/c1-29-18-10-8-16(9-11-18)22-25-13-12-21(26-22)17-5-4-14-27(15-17)23(28)19-6-2-3-7-20(19)24/h2-3,6-13,17H,4-5,14-15H2,1H3. The summed E-state index contributed by atoms with van der Waals surface area (Å²) >= 11 is 0. The van der Waals surface area contributed by atoms with Gasteiger partial charge in [-0.05, 0) is 55.3 Å². The number of ether oxygens (including phenoxy) is 1. The van der Waals surface area contributed by atoms with Gasteiger partial charge in [0.25, 0.3) is 5.91 Å². The Labute approximate surface area is 169 Å². The second-order valence-corrected chi connectivity index (χ2v) is 7.10. The van der Waals surface area contributed by atoms with Crippen LogP contribution in [0.15, 0.2) is 60.8 Å². The topological polar surface area (TPSA) is 55.3 Å². The molecule has 0 bridgehead atoms. The third kappa shape index (κ3) is 4.11. The van der Waals surface area contributed by atoms with Crippen LogP contribution >= 0.6 is 0 Å². The van der Waals surface area contributed by atoms with Crippen LogP contribution in [0.1, 0.15) is 34.8 Å². The maximum Gasteiger partial charge on any atom is 0.256 e. The first-order valence-electron chi connectivity index (χ1n) is 9.67. The Hall–Kier alpha value is -3.28. The van der Waals surface area contributed by atoms with Gasteiger partial charge >= 0.3 is 0 Å². The van der Waals surface area contributed by atoms with Gasteiger partial charge in [-0.2, -0.15) is 0 Å². The third-order valence-corrected chi connectivity index (χ3v) is 5.26. The smallest absolute Gasteiger partial charge is 0.256 e. The number of halogens is 1. The maximum absolute atomic E-state index is 14.0. The average Bonchev–Trinajstić information content (AvgIpc) is 2.79. The number of carbonyl (C=O) groups excluding carboxylic acids is 1. The fourth-order valence-corrected chi connectivity index (χ4v) is 3.69. The Bertz CT molecular complexity index is 1010. The van der Waals surface area contributed by atoms with E-state index >= 15 is 0 Å². The van der Waals surface area contributed by atoms with Crippen molar-refractivity contribution in [3.63, 3.8) is 0 Å². The number of likely N-dealkylation sites (tertiary alicyclic amines) is 1. The van der Waals surface area contributed by atoms with E-state index in [0.717, 1.165) is 29.8 Å². The Morgan fingerprint density at radius 2 is 1.93 bits per heavy atom. The molecule has 2 aromatic carbocycles. The van der Waals surface area contributed by atoms with Gasteiger partial charge in [0.05, 0.1) is 12.7 Å². The van der Waals surface area contributed by atoms with Gasteiger partial charge in [0.15, 0.2) is 5.82 Å². The van der Waals surface area contributed by atoms with Crippen LogP contribution in [0.3, 0.4) is 0 Å². The molecule has 5 nitrogen and oxygen atoms in total. The highest BCUT2D eigenvalue weighted by Gasteiger charge is 2.27. The molecule has 29 heavy (non-hydrogen) atoms. The fourth-order valence-electron chi connectivity index (χ4n) is 3.69. The van der Waals surface area contributed by atoms with Gasteiger partial charge in [-0.1, -0.05) is 12.1 Å². The summed E-state index contributed by atoms with van der Waals surface area (Å²) in [5.41, 5.74) is 1.93. The molecule has 1 fully saturated rings. The zero-order chi connectivity index (χ0) is 20.2. The molecular formula is C23H22FN3O2. The fraction of sp³-hybridized carbons (Fsp3) is 0.261. The minimum Gasteiger partial charge on any atom is -0.497 e. The molecule has 0 aliphatic carbocycles. The number of rotatable bonds is 4. The summed E-state index contributed by atoms with van der Waals surface area (Å²) in [5, 5.41) is 0. The van der Waals surface area contributed by atoms with Gasteiger partial charge < -0.3 is 9.64 Å². The first-order chi connectivity index (χ1) is 14.2. The first kappa shape index (κ1) is 19.1. The Morgan fingerprint density at radius 1 is 1.14 bits per heavy atom. The molecule has 148 valence electrons. The zero-order valence-corrected chi connectivity index (χ0v) is 16.2. The predicted octanol–water partition coefficient (Wildman–Crippen LogP) is 4.31. The van der Waals surface area contributed by atoms with Crippen molar-refractivity contribution in [2.24, 2.45) is 0 Å². The van der Waals surface area contributed by atoms with E-state index in [4.69, 9.17) is 9.72 Å². The summed E-state index contributed by atoms with van der Waals surface area (Å²) in [7, 11) is 1.63. The van der Waals surface area contributed by atoms with E-state index < -0.39 is 5.82 Å². The molecule has 0 radical (unpaired) electrons. The molecule has 1 aromatic heterocycles.